The highest BCUT2D eigenvalue weighted by Crippen LogP contribution is 2.22. The van der Waals surface area contributed by atoms with Crippen LogP contribution in [0.25, 0.3) is 0 Å². The summed E-state index contributed by atoms with van der Waals surface area (Å²) in [5, 5.41) is 1.32. The first-order valence-electron chi connectivity index (χ1n) is 7.06. The van der Waals surface area contributed by atoms with Crippen LogP contribution in [0.4, 0.5) is 5.69 Å². The third-order valence-electron chi connectivity index (χ3n) is 2.42. The average Bonchev–Trinajstić information content (AvgIpc) is 2.48. The molecule has 0 fully saturated rings. The molecule has 5 heteroatoms. The Morgan fingerprint density at radius 3 is 2.20 bits per heavy atom. The van der Waals surface area contributed by atoms with E-state index < -0.39 is 0 Å². The van der Waals surface area contributed by atoms with Crippen LogP contribution < -0.4 is 5.23 Å². The van der Waals surface area contributed by atoms with Crippen LogP contribution in [-0.2, 0) is 14.4 Å². The van der Waals surface area contributed by atoms with E-state index in [-0.39, 0.29) is 5.97 Å². The molecule has 0 spiro atoms. The topological polar surface area (TPSA) is 48.0 Å². The van der Waals surface area contributed by atoms with Gasteiger partial charge < -0.3 is 4.74 Å². The molecule has 0 atom stereocenters. The van der Waals surface area contributed by atoms with E-state index in [0.29, 0.717) is 31.1 Å². The summed E-state index contributed by atoms with van der Waals surface area (Å²) in [6.07, 6.45) is 1.71. The predicted octanol–water partition coefficient (Wildman–Crippen LogP) is 3.35. The highest BCUT2D eigenvalue weighted by molar-refractivity contribution is 5.95. The Balaban J connectivity index is 2.95. The maximum atomic E-state index is 12.0. The van der Waals surface area contributed by atoms with Crippen molar-refractivity contribution in [3.63, 3.8) is 0 Å². The number of hydrogen-bond acceptors (Lipinski definition) is 5. The fourth-order valence-electron chi connectivity index (χ4n) is 1.54. The number of anilines is 1. The first kappa shape index (κ1) is 16.5. The number of hydrogen-bond donors (Lipinski definition) is 0. The van der Waals surface area contributed by atoms with Gasteiger partial charge in [-0.15, -0.1) is 5.23 Å². The van der Waals surface area contributed by atoms with Crippen molar-refractivity contribution in [2.75, 3.05) is 25.0 Å². The number of para-hydroxylation sites is 1. The Kier molecular flexibility index (Phi) is 7.69. The SMILES string of the molecule is CCCON(OCCC)c1ccccc1C(=O)OCC. The Morgan fingerprint density at radius 1 is 1.05 bits per heavy atom. The average molecular weight is 281 g/mol. The molecule has 0 aliphatic heterocycles. The molecule has 20 heavy (non-hydrogen) atoms. The van der Waals surface area contributed by atoms with Crippen LogP contribution >= 0.6 is 0 Å². The van der Waals surface area contributed by atoms with Crippen LogP contribution in [0, 0.1) is 0 Å². The summed E-state index contributed by atoms with van der Waals surface area (Å²) in [4.78, 5) is 23.1. The maximum absolute atomic E-state index is 12.0. The normalized spacial score (nSPS) is 10.3. The zero-order valence-corrected chi connectivity index (χ0v) is 12.4. The zero-order chi connectivity index (χ0) is 14.8. The molecule has 0 saturated carbocycles. The van der Waals surface area contributed by atoms with Gasteiger partial charge in [-0.1, -0.05) is 26.0 Å². The molecule has 1 aromatic carbocycles. The van der Waals surface area contributed by atoms with E-state index in [2.05, 4.69) is 0 Å². The molecule has 0 aromatic heterocycles. The minimum atomic E-state index is -0.381. The van der Waals surface area contributed by atoms with Crippen LogP contribution in [-0.4, -0.2) is 25.8 Å². The number of benzene rings is 1. The van der Waals surface area contributed by atoms with Crippen molar-refractivity contribution in [2.24, 2.45) is 0 Å². The number of nitrogens with zero attached hydrogens (tertiary/aromatic N) is 1. The summed E-state index contributed by atoms with van der Waals surface area (Å²) in [6, 6.07) is 7.09. The molecule has 0 radical (unpaired) electrons. The molecule has 0 amide bonds. The fraction of sp³-hybridized carbons (Fsp3) is 0.533. The van der Waals surface area contributed by atoms with Crippen LogP contribution in [0.1, 0.15) is 44.0 Å². The number of rotatable bonds is 9. The highest BCUT2D eigenvalue weighted by Gasteiger charge is 2.18. The molecule has 0 aliphatic rings. The summed E-state index contributed by atoms with van der Waals surface area (Å²) in [5.74, 6) is -0.381. The van der Waals surface area contributed by atoms with Gasteiger partial charge in [-0.05, 0) is 31.9 Å². The Labute approximate surface area is 120 Å². The van der Waals surface area contributed by atoms with E-state index in [9.17, 15) is 4.79 Å². The van der Waals surface area contributed by atoms with Gasteiger partial charge in [0, 0.05) is 0 Å². The van der Waals surface area contributed by atoms with Gasteiger partial charge >= 0.3 is 5.97 Å². The molecule has 1 rings (SSSR count). The Morgan fingerprint density at radius 2 is 1.65 bits per heavy atom. The van der Waals surface area contributed by atoms with Gasteiger partial charge in [0.2, 0.25) is 0 Å². The van der Waals surface area contributed by atoms with Crippen molar-refractivity contribution < 1.29 is 19.2 Å². The van der Waals surface area contributed by atoms with Crippen molar-refractivity contribution >= 4 is 11.7 Å². The second-order valence-corrected chi connectivity index (χ2v) is 4.16. The third-order valence-corrected chi connectivity index (χ3v) is 2.42. The zero-order valence-electron chi connectivity index (χ0n) is 12.4. The lowest BCUT2D eigenvalue weighted by atomic mass is 10.2. The quantitative estimate of drug-likeness (QED) is 0.513. The van der Waals surface area contributed by atoms with E-state index in [1.807, 2.05) is 19.9 Å². The monoisotopic (exact) mass is 281 g/mol. The summed E-state index contributed by atoms with van der Waals surface area (Å²) in [5.41, 5.74) is 0.995. The smallest absolute Gasteiger partial charge is 0.340 e. The molecule has 0 bridgehead atoms. The second-order valence-electron chi connectivity index (χ2n) is 4.16. The van der Waals surface area contributed by atoms with Gasteiger partial charge in [0.15, 0.2) is 0 Å². The first-order chi connectivity index (χ1) is 9.74. The summed E-state index contributed by atoms with van der Waals surface area (Å²) >= 11 is 0. The van der Waals surface area contributed by atoms with Crippen molar-refractivity contribution in [3.05, 3.63) is 29.8 Å². The minimum Gasteiger partial charge on any atom is -0.462 e. The van der Waals surface area contributed by atoms with Crippen molar-refractivity contribution in [1.29, 1.82) is 0 Å². The summed E-state index contributed by atoms with van der Waals surface area (Å²) in [6.45, 7) is 7.16. The Hall–Kier alpha value is -1.59. The standard InChI is InChI=1S/C15H23NO4/c1-4-11-19-16(20-12-5-2)14-10-8-7-9-13(14)15(17)18-6-3/h7-10H,4-6,11-12H2,1-3H3. The van der Waals surface area contributed by atoms with Crippen LogP contribution in [0.2, 0.25) is 0 Å². The molecule has 0 heterocycles. The van der Waals surface area contributed by atoms with Crippen LogP contribution in [0.15, 0.2) is 24.3 Å². The number of esters is 1. The molecular weight excluding hydrogens is 258 g/mol. The van der Waals surface area contributed by atoms with Crippen LogP contribution in [0.3, 0.4) is 0 Å². The lowest BCUT2D eigenvalue weighted by Gasteiger charge is -2.23. The molecular formula is C15H23NO4. The molecule has 0 aliphatic carbocycles. The Bertz CT molecular complexity index is 401. The lowest BCUT2D eigenvalue weighted by molar-refractivity contribution is -0.0897. The lowest BCUT2D eigenvalue weighted by Crippen LogP contribution is -2.27. The minimum absolute atomic E-state index is 0.332. The molecule has 0 unspecified atom stereocenters. The molecule has 0 saturated heterocycles. The number of carbonyl (C=O) groups is 1. The van der Waals surface area contributed by atoms with E-state index >= 15 is 0 Å². The van der Waals surface area contributed by atoms with Gasteiger partial charge in [0.1, 0.15) is 5.69 Å². The fourth-order valence-corrected chi connectivity index (χ4v) is 1.54. The van der Waals surface area contributed by atoms with Crippen molar-refractivity contribution in [1.82, 2.24) is 0 Å². The van der Waals surface area contributed by atoms with E-state index in [0.717, 1.165) is 12.8 Å². The van der Waals surface area contributed by atoms with Crippen molar-refractivity contribution in [3.8, 4) is 0 Å². The molecule has 0 N–H and O–H groups in total. The maximum Gasteiger partial charge on any atom is 0.340 e. The van der Waals surface area contributed by atoms with Gasteiger partial charge in [-0.25, -0.2) is 14.5 Å². The number of carbonyl (C=O) groups excluding carboxylic acids is 1. The largest absolute Gasteiger partial charge is 0.462 e. The summed E-state index contributed by atoms with van der Waals surface area (Å²) in [7, 11) is 0. The third kappa shape index (κ3) is 4.83. The van der Waals surface area contributed by atoms with Crippen molar-refractivity contribution in [2.45, 2.75) is 33.6 Å². The van der Waals surface area contributed by atoms with Gasteiger partial charge in [-0.3, -0.25) is 0 Å². The van der Waals surface area contributed by atoms with E-state index in [1.54, 1.807) is 25.1 Å². The van der Waals surface area contributed by atoms with Gasteiger partial charge in [0.05, 0.1) is 25.4 Å². The van der Waals surface area contributed by atoms with E-state index in [1.165, 1.54) is 5.23 Å². The second kappa shape index (κ2) is 9.34. The first-order valence-corrected chi connectivity index (χ1v) is 7.06. The van der Waals surface area contributed by atoms with Gasteiger partial charge in [0.25, 0.3) is 0 Å². The van der Waals surface area contributed by atoms with Crippen LogP contribution in [0.5, 0.6) is 0 Å². The summed E-state index contributed by atoms with van der Waals surface area (Å²) < 4.78 is 5.05. The molecule has 1 aromatic rings. The predicted molar refractivity (Wildman–Crippen MR) is 77.4 cm³/mol. The van der Waals surface area contributed by atoms with E-state index in [4.69, 9.17) is 14.4 Å². The van der Waals surface area contributed by atoms with Gasteiger partial charge in [-0.2, -0.15) is 0 Å². The molecule has 112 valence electrons. The molecule has 5 nitrogen and oxygen atoms in total. The number of ether oxygens (including phenoxy) is 1. The highest BCUT2D eigenvalue weighted by atomic mass is 16.9.